The van der Waals surface area contributed by atoms with Gasteiger partial charge in [-0.15, -0.1) is 24.0 Å². The van der Waals surface area contributed by atoms with Gasteiger partial charge in [0.1, 0.15) is 11.5 Å². The van der Waals surface area contributed by atoms with Gasteiger partial charge in [-0.2, -0.15) is 0 Å². The second-order valence-corrected chi connectivity index (χ2v) is 4.85. The van der Waals surface area contributed by atoms with Gasteiger partial charge in [-0.1, -0.05) is 0 Å². The second-order valence-electron chi connectivity index (χ2n) is 4.85. The van der Waals surface area contributed by atoms with Crippen molar-refractivity contribution in [2.75, 3.05) is 48.6 Å². The van der Waals surface area contributed by atoms with E-state index in [1.165, 1.54) is 0 Å². The summed E-state index contributed by atoms with van der Waals surface area (Å²) in [4.78, 5) is 6.35. The van der Waals surface area contributed by atoms with Crippen LogP contribution in [0.5, 0.6) is 11.5 Å². The summed E-state index contributed by atoms with van der Waals surface area (Å²) < 4.78 is 15.7. The number of nitrogens with zero attached hydrogens (tertiary/aromatic N) is 2. The van der Waals surface area contributed by atoms with Gasteiger partial charge >= 0.3 is 0 Å². The predicted octanol–water partition coefficient (Wildman–Crippen LogP) is 2.37. The first-order chi connectivity index (χ1) is 10.7. The molecule has 0 aliphatic rings. The highest BCUT2D eigenvalue weighted by atomic mass is 127. The first-order valence-corrected chi connectivity index (χ1v) is 7.27. The van der Waals surface area contributed by atoms with Gasteiger partial charge in [0.05, 0.1) is 14.2 Å². The fourth-order valence-corrected chi connectivity index (χ4v) is 2.11. The van der Waals surface area contributed by atoms with E-state index < -0.39 is 0 Å². The molecule has 1 aromatic carbocycles. The summed E-state index contributed by atoms with van der Waals surface area (Å²) in [6, 6.07) is 5.82. The zero-order valence-corrected chi connectivity index (χ0v) is 16.9. The molecule has 1 rings (SSSR count). The summed E-state index contributed by atoms with van der Waals surface area (Å²) in [5.74, 6) is 2.43. The van der Waals surface area contributed by atoms with Crippen LogP contribution in [0.2, 0.25) is 0 Å². The van der Waals surface area contributed by atoms with Crippen molar-refractivity contribution in [3.05, 3.63) is 23.8 Å². The predicted molar refractivity (Wildman–Crippen MR) is 104 cm³/mol. The van der Waals surface area contributed by atoms with Crippen LogP contribution in [-0.4, -0.2) is 59.4 Å². The molecule has 1 N–H and O–H groups in total. The Labute approximate surface area is 156 Å². The van der Waals surface area contributed by atoms with Gasteiger partial charge in [0.2, 0.25) is 0 Å². The molecule has 0 unspecified atom stereocenters. The molecule has 0 bridgehead atoms. The van der Waals surface area contributed by atoms with Crippen LogP contribution in [0.1, 0.15) is 12.0 Å². The number of methoxy groups -OCH3 is 3. The van der Waals surface area contributed by atoms with E-state index in [4.69, 9.17) is 14.2 Å². The van der Waals surface area contributed by atoms with E-state index in [9.17, 15) is 0 Å². The fraction of sp³-hybridized carbons (Fsp3) is 0.562. The van der Waals surface area contributed by atoms with Gasteiger partial charge in [0.15, 0.2) is 5.96 Å². The fourth-order valence-electron chi connectivity index (χ4n) is 2.11. The zero-order chi connectivity index (χ0) is 16.4. The standard InChI is InChI=1S/C16H27N3O3.HI/c1-17-16(18-9-6-10-20-3)19(2)12-13-7-8-14(21-4)11-15(13)22-5;/h7-8,11H,6,9-10,12H2,1-5H3,(H,17,18);1H. The minimum Gasteiger partial charge on any atom is -0.497 e. The maximum absolute atomic E-state index is 5.43. The third-order valence-corrected chi connectivity index (χ3v) is 3.28. The number of halogens is 1. The van der Waals surface area contributed by atoms with Crippen LogP contribution in [0, 0.1) is 0 Å². The van der Waals surface area contributed by atoms with Crippen LogP contribution in [0.3, 0.4) is 0 Å². The Kier molecular flexibility index (Phi) is 11.6. The van der Waals surface area contributed by atoms with E-state index in [1.54, 1.807) is 28.4 Å². The Morgan fingerprint density at radius 1 is 1.22 bits per heavy atom. The molecular weight excluding hydrogens is 409 g/mol. The van der Waals surface area contributed by atoms with Crippen molar-refractivity contribution < 1.29 is 14.2 Å². The molecular formula is C16H28IN3O3. The van der Waals surface area contributed by atoms with Crippen LogP contribution >= 0.6 is 24.0 Å². The van der Waals surface area contributed by atoms with E-state index in [2.05, 4.69) is 15.2 Å². The number of aliphatic imine (C=N–C) groups is 1. The lowest BCUT2D eigenvalue weighted by molar-refractivity contribution is 0.195. The molecule has 0 fully saturated rings. The largest absolute Gasteiger partial charge is 0.497 e. The van der Waals surface area contributed by atoms with Crippen molar-refractivity contribution in [2.45, 2.75) is 13.0 Å². The Hall–Kier alpha value is -1.22. The van der Waals surface area contributed by atoms with Crippen LogP contribution in [-0.2, 0) is 11.3 Å². The van der Waals surface area contributed by atoms with Crippen LogP contribution in [0.25, 0.3) is 0 Å². The monoisotopic (exact) mass is 437 g/mol. The van der Waals surface area contributed by atoms with Gasteiger partial charge < -0.3 is 24.4 Å². The molecule has 0 radical (unpaired) electrons. The number of rotatable bonds is 8. The number of nitrogens with one attached hydrogen (secondary N) is 1. The highest BCUT2D eigenvalue weighted by Crippen LogP contribution is 2.25. The molecule has 1 aromatic rings. The SMILES string of the molecule is CN=C(NCCCOC)N(C)Cc1ccc(OC)cc1OC.I. The molecule has 0 heterocycles. The van der Waals surface area contributed by atoms with E-state index in [1.807, 2.05) is 25.2 Å². The lowest BCUT2D eigenvalue weighted by Gasteiger charge is -2.23. The minimum absolute atomic E-state index is 0. The number of hydrogen-bond donors (Lipinski definition) is 1. The van der Waals surface area contributed by atoms with Crippen molar-refractivity contribution in [2.24, 2.45) is 4.99 Å². The summed E-state index contributed by atoms with van der Waals surface area (Å²) in [6.45, 7) is 2.25. The molecule has 0 amide bonds. The van der Waals surface area contributed by atoms with Crippen molar-refractivity contribution >= 4 is 29.9 Å². The van der Waals surface area contributed by atoms with Crippen molar-refractivity contribution in [3.8, 4) is 11.5 Å². The lowest BCUT2D eigenvalue weighted by Crippen LogP contribution is -2.39. The van der Waals surface area contributed by atoms with Crippen molar-refractivity contribution in [1.29, 1.82) is 0 Å². The Morgan fingerprint density at radius 2 is 1.96 bits per heavy atom. The first kappa shape index (κ1) is 21.8. The number of benzene rings is 1. The molecule has 0 atom stereocenters. The molecule has 0 aliphatic heterocycles. The highest BCUT2D eigenvalue weighted by molar-refractivity contribution is 14.0. The summed E-state index contributed by atoms with van der Waals surface area (Å²) in [5, 5.41) is 3.31. The average molecular weight is 437 g/mol. The minimum atomic E-state index is 0. The summed E-state index contributed by atoms with van der Waals surface area (Å²) in [7, 11) is 8.79. The van der Waals surface area contributed by atoms with Gasteiger partial charge in [-0.05, 0) is 18.6 Å². The molecule has 0 saturated carbocycles. The topological polar surface area (TPSA) is 55.3 Å². The van der Waals surface area contributed by atoms with E-state index >= 15 is 0 Å². The summed E-state index contributed by atoms with van der Waals surface area (Å²) in [5.41, 5.74) is 1.07. The number of ether oxygens (including phenoxy) is 3. The molecule has 6 nitrogen and oxygen atoms in total. The molecule has 0 aromatic heterocycles. The molecule has 0 saturated heterocycles. The maximum Gasteiger partial charge on any atom is 0.193 e. The Bertz CT molecular complexity index is 484. The third kappa shape index (κ3) is 7.26. The average Bonchev–Trinajstić information content (AvgIpc) is 2.55. The third-order valence-electron chi connectivity index (χ3n) is 3.28. The Balaban J connectivity index is 0.00000484. The molecule has 132 valence electrons. The normalized spacial score (nSPS) is 10.7. The lowest BCUT2D eigenvalue weighted by atomic mass is 10.2. The van der Waals surface area contributed by atoms with Gasteiger partial charge in [-0.25, -0.2) is 0 Å². The van der Waals surface area contributed by atoms with Crippen LogP contribution in [0.4, 0.5) is 0 Å². The molecule has 23 heavy (non-hydrogen) atoms. The summed E-state index contributed by atoms with van der Waals surface area (Å²) >= 11 is 0. The van der Waals surface area contributed by atoms with Crippen molar-refractivity contribution in [3.63, 3.8) is 0 Å². The maximum atomic E-state index is 5.43. The smallest absolute Gasteiger partial charge is 0.193 e. The second kappa shape index (κ2) is 12.2. The van der Waals surface area contributed by atoms with Crippen LogP contribution in [0.15, 0.2) is 23.2 Å². The summed E-state index contributed by atoms with van der Waals surface area (Å²) in [6.07, 6.45) is 0.940. The van der Waals surface area contributed by atoms with E-state index in [0.29, 0.717) is 6.54 Å². The molecule has 7 heteroatoms. The number of hydrogen-bond acceptors (Lipinski definition) is 4. The number of guanidine groups is 1. The molecule has 0 spiro atoms. The molecule has 0 aliphatic carbocycles. The first-order valence-electron chi connectivity index (χ1n) is 7.27. The van der Waals surface area contributed by atoms with E-state index in [-0.39, 0.29) is 24.0 Å². The Morgan fingerprint density at radius 3 is 2.52 bits per heavy atom. The van der Waals surface area contributed by atoms with Crippen molar-refractivity contribution in [1.82, 2.24) is 10.2 Å². The van der Waals surface area contributed by atoms with Gasteiger partial charge in [0, 0.05) is 52.5 Å². The zero-order valence-electron chi connectivity index (χ0n) is 14.6. The van der Waals surface area contributed by atoms with Gasteiger partial charge in [-0.3, -0.25) is 4.99 Å². The highest BCUT2D eigenvalue weighted by Gasteiger charge is 2.11. The van der Waals surface area contributed by atoms with Crippen LogP contribution < -0.4 is 14.8 Å². The van der Waals surface area contributed by atoms with Gasteiger partial charge in [0.25, 0.3) is 0 Å². The quantitative estimate of drug-likeness (QED) is 0.293. The van der Waals surface area contributed by atoms with E-state index in [0.717, 1.165) is 42.6 Å².